The number of nitro benzene ring substituents is 1. The van der Waals surface area contributed by atoms with Crippen LogP contribution in [0, 0.1) is 10.1 Å². The second-order valence-corrected chi connectivity index (χ2v) is 10.8. The number of amides is 1. The zero-order chi connectivity index (χ0) is 25.8. The first-order chi connectivity index (χ1) is 18.0. The van der Waals surface area contributed by atoms with Crippen molar-refractivity contribution in [3.63, 3.8) is 0 Å². The van der Waals surface area contributed by atoms with Gasteiger partial charge in [-0.05, 0) is 56.0 Å². The highest BCUT2D eigenvalue weighted by Gasteiger charge is 2.27. The van der Waals surface area contributed by atoms with Crippen molar-refractivity contribution in [2.24, 2.45) is 0 Å². The first-order valence-corrected chi connectivity index (χ1v) is 13.9. The second-order valence-electron chi connectivity index (χ2n) is 9.38. The molecular formula is C26H30ClN5O4S. The molecule has 0 aliphatic carbocycles. The van der Waals surface area contributed by atoms with Gasteiger partial charge < -0.3 is 9.64 Å². The van der Waals surface area contributed by atoms with Crippen LogP contribution in [0.5, 0.6) is 0 Å². The highest BCUT2D eigenvalue weighted by atomic mass is 35.5. The van der Waals surface area contributed by atoms with E-state index in [0.29, 0.717) is 35.6 Å². The van der Waals surface area contributed by atoms with Gasteiger partial charge in [0.1, 0.15) is 5.69 Å². The van der Waals surface area contributed by atoms with Crippen LogP contribution in [0.4, 0.5) is 16.5 Å². The molecule has 2 aliphatic heterocycles. The average molecular weight is 544 g/mol. The van der Waals surface area contributed by atoms with Crippen molar-refractivity contribution in [2.75, 3.05) is 62.3 Å². The summed E-state index contributed by atoms with van der Waals surface area (Å²) in [6.07, 6.45) is 3.90. The predicted octanol–water partition coefficient (Wildman–Crippen LogP) is 5.22. The van der Waals surface area contributed by atoms with E-state index in [0.717, 1.165) is 68.6 Å². The number of anilines is 2. The van der Waals surface area contributed by atoms with Crippen molar-refractivity contribution in [2.45, 2.75) is 25.7 Å². The van der Waals surface area contributed by atoms with Crippen LogP contribution in [-0.2, 0) is 4.74 Å². The van der Waals surface area contributed by atoms with E-state index in [1.54, 1.807) is 23.1 Å². The molecular weight excluding hydrogens is 514 g/mol. The molecule has 2 fully saturated rings. The van der Waals surface area contributed by atoms with Gasteiger partial charge in [0.25, 0.3) is 11.6 Å². The Hall–Kier alpha value is -2.79. The smallest absolute Gasteiger partial charge is 0.293 e. The van der Waals surface area contributed by atoms with Crippen LogP contribution in [0.25, 0.3) is 10.2 Å². The van der Waals surface area contributed by atoms with Crippen molar-refractivity contribution in [3.8, 4) is 0 Å². The van der Waals surface area contributed by atoms with Gasteiger partial charge in [-0.1, -0.05) is 22.9 Å². The van der Waals surface area contributed by atoms with Gasteiger partial charge in [0.05, 0.1) is 28.4 Å². The monoisotopic (exact) mass is 543 g/mol. The lowest BCUT2D eigenvalue weighted by Crippen LogP contribution is -2.39. The standard InChI is InChI=1S/C26H30ClN5O4S/c27-20-6-7-21-24(18-20)37-26(28-21)31(12-4-9-29-13-15-36-16-14-29)25(33)19-5-8-22(23(17-19)32(34)35)30-10-2-1-3-11-30/h5-8,17-18H,1-4,9-16H2. The van der Waals surface area contributed by atoms with E-state index in [2.05, 4.69) is 4.90 Å². The molecule has 2 saturated heterocycles. The average Bonchev–Trinajstić information content (AvgIpc) is 3.34. The number of thiazole rings is 1. The summed E-state index contributed by atoms with van der Waals surface area (Å²) in [5.41, 5.74) is 1.60. The summed E-state index contributed by atoms with van der Waals surface area (Å²) in [5, 5.41) is 13.2. The SMILES string of the molecule is O=C(c1ccc(N2CCCCC2)c([N+](=O)[O-])c1)N(CCCN1CCOCC1)c1nc2ccc(Cl)cc2s1. The van der Waals surface area contributed by atoms with E-state index in [4.69, 9.17) is 21.3 Å². The minimum atomic E-state index is -0.386. The topological polar surface area (TPSA) is 92.0 Å². The number of fused-ring (bicyclic) bond motifs is 1. The molecule has 37 heavy (non-hydrogen) atoms. The number of carbonyl (C=O) groups is 1. The molecule has 3 heterocycles. The third kappa shape index (κ3) is 6.04. The second kappa shape index (κ2) is 11.7. The molecule has 1 aromatic heterocycles. The third-order valence-electron chi connectivity index (χ3n) is 6.89. The molecule has 0 saturated carbocycles. The number of hydrogen-bond acceptors (Lipinski definition) is 8. The molecule has 9 nitrogen and oxygen atoms in total. The zero-order valence-electron chi connectivity index (χ0n) is 20.6. The molecule has 0 radical (unpaired) electrons. The van der Waals surface area contributed by atoms with E-state index in [-0.39, 0.29) is 22.1 Å². The number of ether oxygens (including phenoxy) is 1. The summed E-state index contributed by atoms with van der Waals surface area (Å²) in [6.45, 7) is 6.04. The molecule has 0 spiro atoms. The number of halogens is 1. The lowest BCUT2D eigenvalue weighted by molar-refractivity contribution is -0.384. The maximum atomic E-state index is 13.8. The molecule has 3 aromatic rings. The van der Waals surface area contributed by atoms with Crippen molar-refractivity contribution in [1.82, 2.24) is 9.88 Å². The maximum absolute atomic E-state index is 13.8. The quantitative estimate of drug-likeness (QED) is 0.284. The number of carbonyl (C=O) groups excluding carboxylic acids is 1. The zero-order valence-corrected chi connectivity index (χ0v) is 22.2. The normalized spacial score (nSPS) is 16.7. The van der Waals surface area contributed by atoms with Gasteiger partial charge in [-0.25, -0.2) is 4.98 Å². The molecule has 2 aromatic carbocycles. The van der Waals surface area contributed by atoms with Crippen molar-refractivity contribution < 1.29 is 14.5 Å². The minimum absolute atomic E-state index is 0.0305. The number of benzene rings is 2. The highest BCUT2D eigenvalue weighted by molar-refractivity contribution is 7.22. The number of aromatic nitrogens is 1. The molecule has 0 unspecified atom stereocenters. The fourth-order valence-corrected chi connectivity index (χ4v) is 6.19. The number of nitrogens with zero attached hydrogens (tertiary/aromatic N) is 5. The summed E-state index contributed by atoms with van der Waals surface area (Å²) >= 11 is 7.58. The maximum Gasteiger partial charge on any atom is 0.293 e. The Morgan fingerprint density at radius 3 is 2.65 bits per heavy atom. The molecule has 196 valence electrons. The minimum Gasteiger partial charge on any atom is -0.379 e. The first kappa shape index (κ1) is 25.8. The fraction of sp³-hybridized carbons (Fsp3) is 0.462. The summed E-state index contributed by atoms with van der Waals surface area (Å²) in [7, 11) is 0. The summed E-state index contributed by atoms with van der Waals surface area (Å²) in [4.78, 5) is 36.2. The lowest BCUT2D eigenvalue weighted by Gasteiger charge is -2.29. The number of morpholine rings is 1. The van der Waals surface area contributed by atoms with Gasteiger partial charge in [-0.15, -0.1) is 0 Å². The molecule has 0 N–H and O–H groups in total. The Morgan fingerprint density at radius 1 is 1.11 bits per heavy atom. The van der Waals surface area contributed by atoms with E-state index in [9.17, 15) is 14.9 Å². The molecule has 0 bridgehead atoms. The number of nitro groups is 1. The Balaban J connectivity index is 1.43. The summed E-state index contributed by atoms with van der Waals surface area (Å²) in [5.74, 6) is -0.291. The number of piperidine rings is 1. The van der Waals surface area contributed by atoms with Gasteiger partial charge in [0, 0.05) is 55.9 Å². The molecule has 11 heteroatoms. The van der Waals surface area contributed by atoms with Crippen LogP contribution in [0.15, 0.2) is 36.4 Å². The Morgan fingerprint density at radius 2 is 1.89 bits per heavy atom. The van der Waals surface area contributed by atoms with Crippen LogP contribution in [0.3, 0.4) is 0 Å². The van der Waals surface area contributed by atoms with Gasteiger partial charge in [-0.3, -0.25) is 24.7 Å². The molecule has 5 rings (SSSR count). The van der Waals surface area contributed by atoms with E-state index < -0.39 is 0 Å². The third-order valence-corrected chi connectivity index (χ3v) is 8.17. The van der Waals surface area contributed by atoms with Gasteiger partial charge in [-0.2, -0.15) is 0 Å². The van der Waals surface area contributed by atoms with E-state index >= 15 is 0 Å². The summed E-state index contributed by atoms with van der Waals surface area (Å²) in [6, 6.07) is 10.3. The van der Waals surface area contributed by atoms with Crippen molar-refractivity contribution in [1.29, 1.82) is 0 Å². The van der Waals surface area contributed by atoms with Gasteiger partial charge in [0.15, 0.2) is 5.13 Å². The van der Waals surface area contributed by atoms with Gasteiger partial charge >= 0.3 is 0 Å². The lowest BCUT2D eigenvalue weighted by atomic mass is 10.1. The van der Waals surface area contributed by atoms with Crippen molar-refractivity contribution in [3.05, 3.63) is 57.1 Å². The molecule has 1 amide bonds. The van der Waals surface area contributed by atoms with E-state index in [1.165, 1.54) is 17.4 Å². The molecule has 0 atom stereocenters. The number of rotatable bonds is 8. The van der Waals surface area contributed by atoms with Crippen LogP contribution in [-0.4, -0.2) is 73.2 Å². The predicted molar refractivity (Wildman–Crippen MR) is 147 cm³/mol. The Kier molecular flexibility index (Phi) is 8.19. The Bertz CT molecular complexity index is 1270. The van der Waals surface area contributed by atoms with Crippen LogP contribution < -0.4 is 9.80 Å². The Labute approximate surface area is 224 Å². The van der Waals surface area contributed by atoms with E-state index in [1.807, 2.05) is 17.0 Å². The highest BCUT2D eigenvalue weighted by Crippen LogP contribution is 2.34. The molecule has 2 aliphatic rings. The van der Waals surface area contributed by atoms with Crippen molar-refractivity contribution >= 4 is 55.6 Å². The van der Waals surface area contributed by atoms with Crippen LogP contribution >= 0.6 is 22.9 Å². The van der Waals surface area contributed by atoms with Crippen LogP contribution in [0.1, 0.15) is 36.0 Å². The largest absolute Gasteiger partial charge is 0.379 e. The van der Waals surface area contributed by atoms with Gasteiger partial charge in [0.2, 0.25) is 0 Å². The summed E-state index contributed by atoms with van der Waals surface area (Å²) < 4.78 is 6.32. The van der Waals surface area contributed by atoms with Crippen LogP contribution in [0.2, 0.25) is 5.02 Å². The first-order valence-electron chi connectivity index (χ1n) is 12.7. The fourth-order valence-electron chi connectivity index (χ4n) is 4.92. The number of hydrogen-bond donors (Lipinski definition) is 0.